The number of aryl methyl sites for hydroxylation is 1. The van der Waals surface area contributed by atoms with Gasteiger partial charge in [-0.25, -0.2) is 4.98 Å². The van der Waals surface area contributed by atoms with Crippen LogP contribution in [0, 0.1) is 6.92 Å². The molecule has 0 aromatic carbocycles. The summed E-state index contributed by atoms with van der Waals surface area (Å²) >= 11 is 5.28. The first-order chi connectivity index (χ1) is 7.16. The Hall–Kier alpha value is -0.0600. The molecule has 2 nitrogen and oxygen atoms in total. The Morgan fingerprint density at radius 2 is 2.33 bits per heavy atom. The summed E-state index contributed by atoms with van der Waals surface area (Å²) in [5.41, 5.74) is 1.05. The molecule has 2 rings (SSSR count). The molecule has 1 saturated heterocycles. The first-order valence-corrected chi connectivity index (χ1v) is 6.75. The van der Waals surface area contributed by atoms with Crippen LogP contribution in [0.2, 0.25) is 0 Å². The minimum atomic E-state index is 0.348. The number of aromatic nitrogens is 1. The van der Waals surface area contributed by atoms with Crippen LogP contribution in [0.5, 0.6) is 0 Å². The third kappa shape index (κ3) is 2.74. The number of thioether (sulfide) groups is 1. The third-order valence-electron chi connectivity index (χ3n) is 2.57. The van der Waals surface area contributed by atoms with Crippen molar-refractivity contribution in [2.75, 3.05) is 6.61 Å². The van der Waals surface area contributed by atoms with Crippen LogP contribution in [0.3, 0.4) is 0 Å². The van der Waals surface area contributed by atoms with Gasteiger partial charge < -0.3 is 4.74 Å². The zero-order chi connectivity index (χ0) is 10.8. The molecule has 0 bridgehead atoms. The molecule has 82 valence electrons. The number of ether oxygens (including phenoxy) is 1. The van der Waals surface area contributed by atoms with Crippen molar-refractivity contribution in [3.05, 3.63) is 22.3 Å². The van der Waals surface area contributed by atoms with Gasteiger partial charge in [0.15, 0.2) is 0 Å². The highest BCUT2D eigenvalue weighted by Crippen LogP contribution is 2.32. The van der Waals surface area contributed by atoms with E-state index in [1.807, 2.05) is 18.7 Å². The Labute approximate surface area is 103 Å². The Morgan fingerprint density at radius 1 is 1.53 bits per heavy atom. The normalized spacial score (nSPS) is 25.8. The smallest absolute Gasteiger partial charge is 0.0967 e. The van der Waals surface area contributed by atoms with Crippen LogP contribution in [-0.4, -0.2) is 22.9 Å². The molecule has 0 saturated carbocycles. The van der Waals surface area contributed by atoms with Gasteiger partial charge in [-0.3, -0.25) is 0 Å². The van der Waals surface area contributed by atoms with Gasteiger partial charge in [0.05, 0.1) is 16.8 Å². The fraction of sp³-hybridized carbons (Fsp3) is 0.545. The van der Waals surface area contributed by atoms with Crippen LogP contribution in [0.25, 0.3) is 0 Å². The van der Waals surface area contributed by atoms with E-state index in [9.17, 15) is 0 Å². The largest absolute Gasteiger partial charge is 0.377 e. The van der Waals surface area contributed by atoms with E-state index in [4.69, 9.17) is 4.74 Å². The summed E-state index contributed by atoms with van der Waals surface area (Å²) in [5.74, 6) is 0. The Kier molecular flexibility index (Phi) is 3.69. The van der Waals surface area contributed by atoms with Gasteiger partial charge in [0.1, 0.15) is 0 Å². The average molecular weight is 288 g/mol. The van der Waals surface area contributed by atoms with Crippen LogP contribution < -0.4 is 0 Å². The average Bonchev–Trinajstić information content (AvgIpc) is 2.59. The molecule has 0 spiro atoms. The number of pyridine rings is 1. The van der Waals surface area contributed by atoms with E-state index in [1.165, 1.54) is 0 Å². The van der Waals surface area contributed by atoms with E-state index in [-0.39, 0.29) is 0 Å². The van der Waals surface area contributed by atoms with Gasteiger partial charge in [0.25, 0.3) is 0 Å². The Morgan fingerprint density at radius 3 is 2.93 bits per heavy atom. The molecule has 0 amide bonds. The van der Waals surface area contributed by atoms with E-state index in [0.29, 0.717) is 11.4 Å². The predicted molar refractivity (Wildman–Crippen MR) is 66.4 cm³/mol. The molecule has 4 heteroatoms. The quantitative estimate of drug-likeness (QED) is 0.832. The highest BCUT2D eigenvalue weighted by atomic mass is 79.9. The lowest BCUT2D eigenvalue weighted by Crippen LogP contribution is -2.13. The minimum absolute atomic E-state index is 0.348. The predicted octanol–water partition coefficient (Wildman–Crippen LogP) is 3.42. The van der Waals surface area contributed by atoms with Crippen LogP contribution in [-0.2, 0) is 4.74 Å². The van der Waals surface area contributed by atoms with Gasteiger partial charge in [0.2, 0.25) is 0 Å². The maximum Gasteiger partial charge on any atom is 0.0967 e. The molecule has 15 heavy (non-hydrogen) atoms. The minimum Gasteiger partial charge on any atom is -0.377 e. The van der Waals surface area contributed by atoms with Gasteiger partial charge in [-0.1, -0.05) is 0 Å². The van der Waals surface area contributed by atoms with Crippen LogP contribution in [0.15, 0.2) is 21.6 Å². The molecular weight excluding hydrogens is 274 g/mol. The summed E-state index contributed by atoms with van der Waals surface area (Å²) in [7, 11) is 0. The molecule has 0 radical (unpaired) electrons. The molecule has 1 aromatic rings. The summed E-state index contributed by atoms with van der Waals surface area (Å²) in [4.78, 5) is 4.53. The van der Waals surface area contributed by atoms with Gasteiger partial charge in [-0.15, -0.1) is 11.8 Å². The number of halogens is 1. The summed E-state index contributed by atoms with van der Waals surface area (Å²) in [6.07, 6.45) is 1.48. The van der Waals surface area contributed by atoms with Crippen molar-refractivity contribution in [3.63, 3.8) is 0 Å². The summed E-state index contributed by atoms with van der Waals surface area (Å²) in [6.45, 7) is 5.04. The SMILES string of the molecule is Cc1nc(SC2CCOC2C)ccc1Br. The van der Waals surface area contributed by atoms with Crippen LogP contribution in [0.4, 0.5) is 0 Å². The van der Waals surface area contributed by atoms with E-state index in [2.05, 4.69) is 40.0 Å². The molecule has 1 fully saturated rings. The van der Waals surface area contributed by atoms with Gasteiger partial charge in [-0.05, 0) is 48.3 Å². The van der Waals surface area contributed by atoms with Crippen molar-refractivity contribution in [1.82, 2.24) is 4.98 Å². The lowest BCUT2D eigenvalue weighted by atomic mass is 10.3. The maximum atomic E-state index is 5.53. The zero-order valence-corrected chi connectivity index (χ0v) is 11.3. The van der Waals surface area contributed by atoms with E-state index in [0.717, 1.165) is 28.2 Å². The number of hydrogen-bond donors (Lipinski definition) is 0. The monoisotopic (exact) mass is 287 g/mol. The molecule has 1 aliphatic rings. The molecular formula is C11H14BrNOS. The molecule has 0 N–H and O–H groups in total. The fourth-order valence-corrected chi connectivity index (χ4v) is 2.96. The van der Waals surface area contributed by atoms with E-state index in [1.54, 1.807) is 0 Å². The van der Waals surface area contributed by atoms with Crippen LogP contribution >= 0.6 is 27.7 Å². The van der Waals surface area contributed by atoms with Gasteiger partial charge >= 0.3 is 0 Å². The summed E-state index contributed by atoms with van der Waals surface area (Å²) in [6, 6.07) is 4.12. The van der Waals surface area contributed by atoms with E-state index >= 15 is 0 Å². The lowest BCUT2D eigenvalue weighted by molar-refractivity contribution is 0.127. The van der Waals surface area contributed by atoms with E-state index < -0.39 is 0 Å². The summed E-state index contributed by atoms with van der Waals surface area (Å²) < 4.78 is 6.61. The molecule has 1 aliphatic heterocycles. The number of rotatable bonds is 2. The first kappa shape index (κ1) is 11.4. The molecule has 2 heterocycles. The molecule has 1 aromatic heterocycles. The standard InChI is InChI=1S/C11H14BrNOS/c1-7-9(12)3-4-11(13-7)15-10-5-6-14-8(10)2/h3-4,8,10H,5-6H2,1-2H3. The second-order valence-corrected chi connectivity index (χ2v) is 5.85. The molecule has 2 atom stereocenters. The van der Waals surface area contributed by atoms with Crippen molar-refractivity contribution in [3.8, 4) is 0 Å². The fourth-order valence-electron chi connectivity index (χ4n) is 1.61. The molecule has 0 aliphatic carbocycles. The number of hydrogen-bond acceptors (Lipinski definition) is 3. The van der Waals surface area contributed by atoms with Crippen molar-refractivity contribution in [2.24, 2.45) is 0 Å². The number of nitrogens with zero attached hydrogens (tertiary/aromatic N) is 1. The van der Waals surface area contributed by atoms with Crippen molar-refractivity contribution >= 4 is 27.7 Å². The molecule has 2 unspecified atom stereocenters. The van der Waals surface area contributed by atoms with Crippen molar-refractivity contribution < 1.29 is 4.74 Å². The highest BCUT2D eigenvalue weighted by Gasteiger charge is 2.25. The Balaban J connectivity index is 2.07. The van der Waals surface area contributed by atoms with Crippen molar-refractivity contribution in [1.29, 1.82) is 0 Å². The first-order valence-electron chi connectivity index (χ1n) is 5.08. The third-order valence-corrected chi connectivity index (χ3v) is 4.80. The Bertz CT molecular complexity index is 358. The second-order valence-electron chi connectivity index (χ2n) is 3.74. The van der Waals surface area contributed by atoms with Gasteiger partial charge in [-0.2, -0.15) is 0 Å². The highest BCUT2D eigenvalue weighted by molar-refractivity contribution is 9.10. The topological polar surface area (TPSA) is 22.1 Å². The summed E-state index contributed by atoms with van der Waals surface area (Å²) in [5, 5.41) is 1.65. The van der Waals surface area contributed by atoms with Crippen molar-refractivity contribution in [2.45, 2.75) is 36.6 Å². The lowest BCUT2D eigenvalue weighted by Gasteiger charge is -2.13. The second kappa shape index (κ2) is 4.85. The zero-order valence-electron chi connectivity index (χ0n) is 8.87. The van der Waals surface area contributed by atoms with Gasteiger partial charge in [0, 0.05) is 16.3 Å². The van der Waals surface area contributed by atoms with Crippen LogP contribution in [0.1, 0.15) is 19.0 Å². The maximum absolute atomic E-state index is 5.53.